The van der Waals surface area contributed by atoms with Gasteiger partial charge in [0.2, 0.25) is 11.8 Å². The van der Waals surface area contributed by atoms with E-state index in [-0.39, 0.29) is 29.2 Å². The number of rotatable bonds is 3. The van der Waals surface area contributed by atoms with Gasteiger partial charge in [0, 0.05) is 26.2 Å². The van der Waals surface area contributed by atoms with Gasteiger partial charge in [-0.1, -0.05) is 32.4 Å². The first-order valence-corrected chi connectivity index (χ1v) is 8.72. The molecule has 2 amide bonds. The van der Waals surface area contributed by atoms with Crippen molar-refractivity contribution in [2.45, 2.75) is 53.0 Å². The normalized spacial score (nSPS) is 25.0. The molecule has 2 atom stereocenters. The Kier molecular flexibility index (Phi) is 5.50. The predicted octanol–water partition coefficient (Wildman–Crippen LogP) is 1.78. The predicted molar refractivity (Wildman–Crippen MR) is 91.7 cm³/mol. The van der Waals surface area contributed by atoms with Crippen molar-refractivity contribution in [1.29, 1.82) is 0 Å². The summed E-state index contributed by atoms with van der Waals surface area (Å²) in [5, 5.41) is 0. The molecule has 0 saturated carbocycles. The van der Waals surface area contributed by atoms with Crippen molar-refractivity contribution in [1.82, 2.24) is 9.80 Å². The van der Waals surface area contributed by atoms with Gasteiger partial charge in [0.1, 0.15) is 0 Å². The molecule has 2 N–H and O–H groups in total. The number of amides is 2. The second-order valence-corrected chi connectivity index (χ2v) is 7.93. The molecule has 0 aliphatic carbocycles. The Morgan fingerprint density at radius 1 is 1.30 bits per heavy atom. The van der Waals surface area contributed by atoms with Crippen LogP contribution in [0.2, 0.25) is 0 Å². The highest BCUT2D eigenvalue weighted by Gasteiger charge is 2.32. The zero-order chi connectivity index (χ0) is 17.2. The smallest absolute Gasteiger partial charge is 0.239 e. The van der Waals surface area contributed by atoms with Crippen molar-refractivity contribution < 1.29 is 9.59 Å². The van der Waals surface area contributed by atoms with Crippen LogP contribution >= 0.6 is 0 Å². The molecule has 0 bridgehead atoms. The molecular weight excluding hydrogens is 290 g/mol. The average molecular weight is 321 g/mol. The van der Waals surface area contributed by atoms with Crippen molar-refractivity contribution >= 4 is 11.8 Å². The quantitative estimate of drug-likeness (QED) is 0.806. The molecule has 5 nitrogen and oxygen atoms in total. The Labute approximate surface area is 139 Å². The van der Waals surface area contributed by atoms with Crippen LogP contribution < -0.4 is 5.73 Å². The van der Waals surface area contributed by atoms with Crippen LogP contribution in [0.25, 0.3) is 0 Å². The highest BCUT2D eigenvalue weighted by atomic mass is 16.2. The number of likely N-dealkylation sites (tertiary alicyclic amines) is 1. The molecule has 23 heavy (non-hydrogen) atoms. The molecule has 0 spiro atoms. The lowest BCUT2D eigenvalue weighted by Crippen LogP contribution is -2.52. The molecule has 2 rings (SSSR count). The Balaban J connectivity index is 1.95. The summed E-state index contributed by atoms with van der Waals surface area (Å²) in [6.45, 7) is 11.7. The monoisotopic (exact) mass is 321 g/mol. The summed E-state index contributed by atoms with van der Waals surface area (Å²) in [6.07, 6.45) is 4.95. The average Bonchev–Trinajstić information content (AvgIpc) is 2.53. The fourth-order valence-electron chi connectivity index (χ4n) is 3.55. The lowest BCUT2D eigenvalue weighted by atomic mass is 9.83. The maximum absolute atomic E-state index is 12.8. The zero-order valence-electron chi connectivity index (χ0n) is 15.0. The molecule has 0 aromatic rings. The first-order valence-electron chi connectivity index (χ1n) is 8.72. The van der Waals surface area contributed by atoms with Crippen LogP contribution in [0.1, 0.15) is 47.0 Å². The van der Waals surface area contributed by atoms with Crippen LogP contribution in [0, 0.1) is 11.3 Å². The highest BCUT2D eigenvalue weighted by molar-refractivity contribution is 5.83. The van der Waals surface area contributed by atoms with Crippen molar-refractivity contribution in [2.75, 3.05) is 26.2 Å². The summed E-state index contributed by atoms with van der Waals surface area (Å²) in [5.41, 5.74) is 7.09. The van der Waals surface area contributed by atoms with E-state index < -0.39 is 0 Å². The number of nitrogens with two attached hydrogens (primary N) is 1. The number of hydrogen-bond acceptors (Lipinski definition) is 3. The molecular formula is C18H31N3O2. The third-order valence-electron chi connectivity index (χ3n) is 5.24. The molecule has 2 heterocycles. The van der Waals surface area contributed by atoms with Crippen LogP contribution in [-0.2, 0) is 9.59 Å². The second-order valence-electron chi connectivity index (χ2n) is 7.93. The molecule has 1 saturated heterocycles. The van der Waals surface area contributed by atoms with Gasteiger partial charge in [0.15, 0.2) is 0 Å². The maximum atomic E-state index is 12.8. The third-order valence-corrected chi connectivity index (χ3v) is 5.24. The molecule has 0 aromatic carbocycles. The third kappa shape index (κ3) is 4.34. The van der Waals surface area contributed by atoms with Crippen LogP contribution in [0.4, 0.5) is 0 Å². The molecule has 2 unspecified atom stereocenters. The van der Waals surface area contributed by atoms with Gasteiger partial charge in [-0.25, -0.2) is 0 Å². The van der Waals surface area contributed by atoms with Crippen molar-refractivity contribution in [3.8, 4) is 0 Å². The topological polar surface area (TPSA) is 66.6 Å². The van der Waals surface area contributed by atoms with Gasteiger partial charge in [-0.05, 0) is 31.6 Å². The SMILES string of the molecule is CC(C(=O)N1CCCC(C(N)=O)C1)N1CC=C(C(C)(C)C)CC1. The fraction of sp³-hybridized carbons (Fsp3) is 0.778. The summed E-state index contributed by atoms with van der Waals surface area (Å²) in [4.78, 5) is 28.2. The number of hydrogen-bond donors (Lipinski definition) is 1. The number of nitrogens with zero attached hydrogens (tertiary/aromatic N) is 2. The van der Waals surface area contributed by atoms with E-state index in [1.165, 1.54) is 5.57 Å². The molecule has 0 radical (unpaired) electrons. The van der Waals surface area contributed by atoms with Crippen molar-refractivity contribution in [3.05, 3.63) is 11.6 Å². The summed E-state index contributed by atoms with van der Waals surface area (Å²) in [6, 6.07) is -0.139. The van der Waals surface area contributed by atoms with Gasteiger partial charge >= 0.3 is 0 Å². The lowest BCUT2D eigenvalue weighted by molar-refractivity contribution is -0.139. The minimum absolute atomic E-state index is 0.128. The lowest BCUT2D eigenvalue weighted by Gasteiger charge is -2.38. The highest BCUT2D eigenvalue weighted by Crippen LogP contribution is 2.30. The van der Waals surface area contributed by atoms with Gasteiger partial charge < -0.3 is 10.6 Å². The van der Waals surface area contributed by atoms with Gasteiger partial charge in [-0.3, -0.25) is 14.5 Å². The number of primary amides is 1. The first kappa shape index (κ1) is 18.0. The minimum atomic E-state index is -0.286. The van der Waals surface area contributed by atoms with Crippen LogP contribution in [0.5, 0.6) is 0 Å². The minimum Gasteiger partial charge on any atom is -0.369 e. The largest absolute Gasteiger partial charge is 0.369 e. The Hall–Kier alpha value is -1.36. The number of carbonyl (C=O) groups is 2. The molecule has 2 aliphatic heterocycles. The van der Waals surface area contributed by atoms with Crippen LogP contribution in [0.3, 0.4) is 0 Å². The van der Waals surface area contributed by atoms with E-state index in [4.69, 9.17) is 5.73 Å². The Bertz CT molecular complexity index is 493. The first-order chi connectivity index (χ1) is 10.7. The maximum Gasteiger partial charge on any atom is 0.239 e. The number of carbonyl (C=O) groups excluding carboxylic acids is 2. The second kappa shape index (κ2) is 7.04. The van der Waals surface area contributed by atoms with Crippen molar-refractivity contribution in [3.63, 3.8) is 0 Å². The van der Waals surface area contributed by atoms with E-state index in [0.717, 1.165) is 38.9 Å². The summed E-state index contributed by atoms with van der Waals surface area (Å²) >= 11 is 0. The van der Waals surface area contributed by atoms with E-state index in [2.05, 4.69) is 31.7 Å². The van der Waals surface area contributed by atoms with Crippen molar-refractivity contribution in [2.24, 2.45) is 17.1 Å². The van der Waals surface area contributed by atoms with E-state index >= 15 is 0 Å². The molecule has 5 heteroatoms. The van der Waals surface area contributed by atoms with Gasteiger partial charge in [-0.2, -0.15) is 0 Å². The van der Waals surface area contributed by atoms with E-state index in [0.29, 0.717) is 6.54 Å². The fourth-order valence-corrected chi connectivity index (χ4v) is 3.55. The Morgan fingerprint density at radius 2 is 2.00 bits per heavy atom. The molecule has 0 aromatic heterocycles. The summed E-state index contributed by atoms with van der Waals surface area (Å²) in [5.74, 6) is -0.344. The van der Waals surface area contributed by atoms with Gasteiger partial charge in [-0.15, -0.1) is 0 Å². The zero-order valence-corrected chi connectivity index (χ0v) is 15.0. The summed E-state index contributed by atoms with van der Waals surface area (Å²) < 4.78 is 0. The molecule has 1 fully saturated rings. The number of piperidine rings is 1. The molecule has 2 aliphatic rings. The van der Waals surface area contributed by atoms with E-state index in [1.807, 2.05) is 11.8 Å². The van der Waals surface area contributed by atoms with E-state index in [1.54, 1.807) is 0 Å². The van der Waals surface area contributed by atoms with Crippen LogP contribution in [0.15, 0.2) is 11.6 Å². The standard InChI is InChI=1S/C18H31N3O2/c1-13(20-10-7-15(8-11-20)18(2,3)4)17(23)21-9-5-6-14(12-21)16(19)22/h7,13-14H,5-6,8-12H2,1-4H3,(H2,19,22). The van der Waals surface area contributed by atoms with Crippen LogP contribution in [-0.4, -0.2) is 53.8 Å². The van der Waals surface area contributed by atoms with E-state index in [9.17, 15) is 9.59 Å². The summed E-state index contributed by atoms with van der Waals surface area (Å²) in [7, 11) is 0. The Morgan fingerprint density at radius 3 is 2.52 bits per heavy atom. The van der Waals surface area contributed by atoms with Gasteiger partial charge in [0.05, 0.1) is 12.0 Å². The van der Waals surface area contributed by atoms with Gasteiger partial charge in [0.25, 0.3) is 0 Å². The molecule has 130 valence electrons.